The van der Waals surface area contributed by atoms with Gasteiger partial charge in [-0.2, -0.15) is 0 Å². The molecular formula is C12H14N6O2S. The van der Waals surface area contributed by atoms with Crippen molar-refractivity contribution in [2.75, 3.05) is 5.73 Å². The van der Waals surface area contributed by atoms with Crippen LogP contribution in [0.5, 0.6) is 0 Å². The van der Waals surface area contributed by atoms with Crippen LogP contribution < -0.4 is 17.0 Å². The smallest absolute Gasteiger partial charge is 0.293 e. The van der Waals surface area contributed by atoms with Crippen LogP contribution in [0.2, 0.25) is 0 Å². The van der Waals surface area contributed by atoms with E-state index in [0.29, 0.717) is 10.6 Å². The molecule has 0 saturated heterocycles. The summed E-state index contributed by atoms with van der Waals surface area (Å²) in [5.74, 6) is -0.412. The van der Waals surface area contributed by atoms with E-state index in [0.717, 1.165) is 36.1 Å². The van der Waals surface area contributed by atoms with Crippen molar-refractivity contribution in [2.45, 2.75) is 25.7 Å². The number of carbonyl (C=O) groups excluding carboxylic acids is 1. The average molecular weight is 306 g/mol. The van der Waals surface area contributed by atoms with Gasteiger partial charge in [-0.25, -0.2) is 0 Å². The first-order valence-electron chi connectivity index (χ1n) is 6.50. The molecule has 0 bridgehead atoms. The number of aryl methyl sites for hydroxylation is 1. The van der Waals surface area contributed by atoms with Crippen LogP contribution in [-0.2, 0) is 12.8 Å². The first kappa shape index (κ1) is 13.6. The molecule has 1 aliphatic rings. The van der Waals surface area contributed by atoms with Gasteiger partial charge >= 0.3 is 0 Å². The van der Waals surface area contributed by atoms with E-state index in [9.17, 15) is 9.59 Å². The zero-order chi connectivity index (χ0) is 15.0. The SMILES string of the molecule is NC(=O)c1c(N=Nc2c(N)[nH][nH]c2=O)sc2c1CCCC2. The van der Waals surface area contributed by atoms with Crippen molar-refractivity contribution in [3.63, 3.8) is 0 Å². The number of nitrogen functional groups attached to an aromatic ring is 1. The van der Waals surface area contributed by atoms with Gasteiger partial charge in [0.05, 0.1) is 5.56 Å². The molecule has 0 fully saturated rings. The first-order chi connectivity index (χ1) is 10.1. The Morgan fingerprint density at radius 3 is 2.62 bits per heavy atom. The molecule has 8 nitrogen and oxygen atoms in total. The lowest BCUT2D eigenvalue weighted by Gasteiger charge is -2.10. The van der Waals surface area contributed by atoms with Crippen molar-refractivity contribution >= 4 is 33.8 Å². The molecule has 2 aromatic rings. The lowest BCUT2D eigenvalue weighted by molar-refractivity contribution is 0.1000. The molecule has 110 valence electrons. The summed E-state index contributed by atoms with van der Waals surface area (Å²) in [6, 6.07) is 0. The van der Waals surface area contributed by atoms with E-state index in [-0.39, 0.29) is 11.5 Å². The second-order valence-electron chi connectivity index (χ2n) is 4.80. The van der Waals surface area contributed by atoms with E-state index in [2.05, 4.69) is 20.4 Å². The summed E-state index contributed by atoms with van der Waals surface area (Å²) in [6.45, 7) is 0. The lowest BCUT2D eigenvalue weighted by Crippen LogP contribution is -2.14. The van der Waals surface area contributed by atoms with E-state index in [1.165, 1.54) is 11.3 Å². The van der Waals surface area contributed by atoms with Crippen molar-refractivity contribution in [3.05, 3.63) is 26.4 Å². The standard InChI is InChI=1S/C12H14N6O2S/c13-9-8(11(20)17-16-9)15-18-12-7(10(14)19)5-3-1-2-4-6(5)21-12/h1-4H2,(H2,14,19)(H4,13,16,17,20). The van der Waals surface area contributed by atoms with Crippen molar-refractivity contribution < 1.29 is 4.79 Å². The predicted molar refractivity (Wildman–Crippen MR) is 79.5 cm³/mol. The maximum absolute atomic E-state index is 11.7. The van der Waals surface area contributed by atoms with Crippen LogP contribution in [0.1, 0.15) is 33.6 Å². The summed E-state index contributed by atoms with van der Waals surface area (Å²) in [7, 11) is 0. The first-order valence-corrected chi connectivity index (χ1v) is 7.31. The molecule has 3 rings (SSSR count). The number of nitrogens with zero attached hydrogens (tertiary/aromatic N) is 2. The van der Waals surface area contributed by atoms with Gasteiger partial charge in [-0.3, -0.25) is 19.8 Å². The summed E-state index contributed by atoms with van der Waals surface area (Å²) in [5, 5.41) is 13.1. The van der Waals surface area contributed by atoms with Gasteiger partial charge in [-0.15, -0.1) is 21.6 Å². The summed E-state index contributed by atoms with van der Waals surface area (Å²) >= 11 is 1.40. The molecule has 2 heterocycles. The molecule has 0 saturated carbocycles. The highest BCUT2D eigenvalue weighted by Crippen LogP contribution is 2.40. The maximum atomic E-state index is 11.7. The fourth-order valence-corrected chi connectivity index (χ4v) is 3.65. The van der Waals surface area contributed by atoms with Crippen LogP contribution in [0.3, 0.4) is 0 Å². The highest BCUT2D eigenvalue weighted by atomic mass is 32.1. The number of nitrogens with two attached hydrogens (primary N) is 2. The Hall–Kier alpha value is -2.42. The highest BCUT2D eigenvalue weighted by molar-refractivity contribution is 7.16. The molecule has 21 heavy (non-hydrogen) atoms. The van der Waals surface area contributed by atoms with Gasteiger partial charge in [-0.05, 0) is 31.2 Å². The monoisotopic (exact) mass is 306 g/mol. The fraction of sp³-hybridized carbons (Fsp3) is 0.333. The number of hydrogen-bond acceptors (Lipinski definition) is 6. The van der Waals surface area contributed by atoms with Gasteiger partial charge in [0.2, 0.25) is 0 Å². The zero-order valence-corrected chi connectivity index (χ0v) is 11.9. The molecule has 6 N–H and O–H groups in total. The zero-order valence-electron chi connectivity index (χ0n) is 11.1. The third-order valence-electron chi connectivity index (χ3n) is 3.42. The topological polar surface area (TPSA) is 142 Å². The normalized spacial score (nSPS) is 14.5. The van der Waals surface area contributed by atoms with Gasteiger partial charge in [-0.1, -0.05) is 0 Å². The maximum Gasteiger partial charge on any atom is 0.293 e. The Kier molecular flexibility index (Phi) is 3.34. The molecule has 2 aromatic heterocycles. The highest BCUT2D eigenvalue weighted by Gasteiger charge is 2.24. The number of rotatable bonds is 3. The van der Waals surface area contributed by atoms with Gasteiger partial charge in [0.15, 0.2) is 10.7 Å². The molecule has 0 aromatic carbocycles. The van der Waals surface area contributed by atoms with Gasteiger partial charge in [0.25, 0.3) is 11.5 Å². The van der Waals surface area contributed by atoms with Crippen LogP contribution in [0.15, 0.2) is 15.0 Å². The van der Waals surface area contributed by atoms with Crippen molar-refractivity contribution in [3.8, 4) is 0 Å². The van der Waals surface area contributed by atoms with Crippen LogP contribution >= 0.6 is 11.3 Å². The number of azo groups is 1. The molecule has 1 aliphatic carbocycles. The molecule has 0 atom stereocenters. The Bertz CT molecular complexity index is 784. The van der Waals surface area contributed by atoms with Gasteiger partial charge in [0, 0.05) is 4.88 Å². The summed E-state index contributed by atoms with van der Waals surface area (Å²) in [6.07, 6.45) is 3.87. The Morgan fingerprint density at radius 1 is 1.19 bits per heavy atom. The third kappa shape index (κ3) is 2.35. The Morgan fingerprint density at radius 2 is 1.95 bits per heavy atom. The summed E-state index contributed by atoms with van der Waals surface area (Å²) in [5.41, 5.74) is 12.0. The number of nitrogens with one attached hydrogen (secondary N) is 2. The number of anilines is 1. The lowest BCUT2D eigenvalue weighted by atomic mass is 9.95. The molecule has 1 amide bonds. The number of aromatic nitrogens is 2. The number of H-pyrrole nitrogens is 2. The Labute approximate surface area is 123 Å². The third-order valence-corrected chi connectivity index (χ3v) is 4.60. The number of thiophene rings is 1. The minimum atomic E-state index is -0.515. The van der Waals surface area contributed by atoms with E-state index in [1.54, 1.807) is 0 Å². The van der Waals surface area contributed by atoms with Crippen molar-refractivity contribution in [2.24, 2.45) is 16.0 Å². The number of fused-ring (bicyclic) bond motifs is 1. The Balaban J connectivity index is 2.05. The van der Waals surface area contributed by atoms with Gasteiger partial charge < -0.3 is 11.5 Å². The minimum Gasteiger partial charge on any atom is -0.382 e. The fourth-order valence-electron chi connectivity index (χ4n) is 2.44. The largest absolute Gasteiger partial charge is 0.382 e. The number of primary amides is 1. The van der Waals surface area contributed by atoms with Crippen LogP contribution in [0, 0.1) is 0 Å². The van der Waals surface area contributed by atoms with E-state index in [1.807, 2.05) is 0 Å². The summed E-state index contributed by atoms with van der Waals surface area (Å²) < 4.78 is 0. The van der Waals surface area contributed by atoms with E-state index in [4.69, 9.17) is 11.5 Å². The molecular weight excluding hydrogens is 292 g/mol. The molecule has 0 aliphatic heterocycles. The second-order valence-corrected chi connectivity index (χ2v) is 5.88. The summed E-state index contributed by atoms with van der Waals surface area (Å²) in [4.78, 5) is 24.3. The van der Waals surface area contributed by atoms with Crippen LogP contribution in [0.25, 0.3) is 0 Å². The molecule has 0 spiro atoms. The van der Waals surface area contributed by atoms with Crippen LogP contribution in [0.4, 0.5) is 16.5 Å². The predicted octanol–water partition coefficient (Wildman–Crippen LogP) is 1.74. The number of hydrogen-bond donors (Lipinski definition) is 4. The van der Waals surface area contributed by atoms with Crippen LogP contribution in [-0.4, -0.2) is 16.1 Å². The van der Waals surface area contributed by atoms with Crippen molar-refractivity contribution in [1.29, 1.82) is 0 Å². The average Bonchev–Trinajstić information content (AvgIpc) is 2.97. The van der Waals surface area contributed by atoms with E-state index >= 15 is 0 Å². The number of amides is 1. The van der Waals surface area contributed by atoms with Crippen molar-refractivity contribution in [1.82, 2.24) is 10.2 Å². The minimum absolute atomic E-state index is 0.00297. The molecule has 0 unspecified atom stereocenters. The molecule has 0 radical (unpaired) electrons. The number of aromatic amines is 2. The number of carbonyl (C=O) groups is 1. The molecule has 9 heteroatoms. The van der Waals surface area contributed by atoms with E-state index < -0.39 is 11.5 Å². The van der Waals surface area contributed by atoms with Gasteiger partial charge in [0.1, 0.15) is 5.82 Å². The second kappa shape index (κ2) is 5.17. The quantitative estimate of drug-likeness (QED) is 0.641.